The molecule has 1 heterocycles. The molecule has 28 heavy (non-hydrogen) atoms. The first kappa shape index (κ1) is 19.0. The van der Waals surface area contributed by atoms with Crippen molar-refractivity contribution < 1.29 is 18.7 Å². The highest BCUT2D eigenvalue weighted by Crippen LogP contribution is 2.17. The number of aromatic nitrogens is 2. The van der Waals surface area contributed by atoms with Crippen LogP contribution in [0.25, 0.3) is 0 Å². The summed E-state index contributed by atoms with van der Waals surface area (Å²) in [5, 5.41) is 13.2. The number of para-hydroxylation sites is 1. The van der Waals surface area contributed by atoms with Gasteiger partial charge >= 0.3 is 5.97 Å². The number of carbonyl (C=O) groups excluding carboxylic acids is 2. The minimum Gasteiger partial charge on any atom is -0.462 e. The predicted octanol–water partition coefficient (Wildman–Crippen LogP) is 3.79. The number of nitrogens with one attached hydrogen (secondary N) is 2. The number of ether oxygens (including phenoxy) is 1. The average Bonchev–Trinajstić information content (AvgIpc) is 2.71. The van der Waals surface area contributed by atoms with Crippen molar-refractivity contribution in [1.29, 1.82) is 0 Å². The molecule has 0 fully saturated rings. The van der Waals surface area contributed by atoms with E-state index in [2.05, 4.69) is 20.8 Å². The number of halogens is 1. The molecule has 3 rings (SSSR count). The maximum absolute atomic E-state index is 13.6. The van der Waals surface area contributed by atoms with Gasteiger partial charge in [-0.05, 0) is 55.5 Å². The fourth-order valence-corrected chi connectivity index (χ4v) is 2.32. The summed E-state index contributed by atoms with van der Waals surface area (Å²) < 4.78 is 18.5. The zero-order valence-electron chi connectivity index (χ0n) is 15.0. The molecule has 142 valence electrons. The lowest BCUT2D eigenvalue weighted by Gasteiger charge is -2.08. The van der Waals surface area contributed by atoms with E-state index in [1.165, 1.54) is 18.2 Å². The van der Waals surface area contributed by atoms with Gasteiger partial charge in [0.1, 0.15) is 5.82 Å². The van der Waals surface area contributed by atoms with Crippen LogP contribution in [-0.4, -0.2) is 28.7 Å². The number of nitrogens with zero attached hydrogens (tertiary/aromatic N) is 2. The van der Waals surface area contributed by atoms with Crippen molar-refractivity contribution in [3.63, 3.8) is 0 Å². The number of carbonyl (C=O) groups is 2. The first-order valence-electron chi connectivity index (χ1n) is 8.50. The van der Waals surface area contributed by atoms with Gasteiger partial charge in [-0.3, -0.25) is 4.79 Å². The lowest BCUT2D eigenvalue weighted by Crippen LogP contribution is -2.15. The molecule has 2 aromatic carbocycles. The Bertz CT molecular complexity index is 976. The lowest BCUT2D eigenvalue weighted by atomic mass is 10.2. The monoisotopic (exact) mass is 380 g/mol. The Labute approximate surface area is 160 Å². The molecule has 7 nitrogen and oxygen atoms in total. The Morgan fingerprint density at radius 2 is 1.75 bits per heavy atom. The van der Waals surface area contributed by atoms with E-state index in [-0.39, 0.29) is 18.0 Å². The van der Waals surface area contributed by atoms with Gasteiger partial charge in [-0.2, -0.15) is 0 Å². The Hall–Kier alpha value is -3.81. The van der Waals surface area contributed by atoms with E-state index in [0.29, 0.717) is 17.1 Å². The average molecular weight is 380 g/mol. The molecule has 8 heteroatoms. The smallest absolute Gasteiger partial charge is 0.338 e. The summed E-state index contributed by atoms with van der Waals surface area (Å²) in [6.45, 7) is 2.02. The third kappa shape index (κ3) is 4.67. The van der Waals surface area contributed by atoms with Gasteiger partial charge in [-0.1, -0.05) is 12.1 Å². The normalized spacial score (nSPS) is 10.2. The highest BCUT2D eigenvalue weighted by Gasteiger charge is 2.11. The molecule has 0 radical (unpaired) electrons. The van der Waals surface area contributed by atoms with Crippen LogP contribution in [0.15, 0.2) is 60.7 Å². The summed E-state index contributed by atoms with van der Waals surface area (Å²) in [7, 11) is 0. The van der Waals surface area contributed by atoms with Gasteiger partial charge in [0, 0.05) is 5.69 Å². The third-order valence-electron chi connectivity index (χ3n) is 3.69. The number of esters is 1. The second-order valence-electron chi connectivity index (χ2n) is 5.66. The standard InChI is InChI=1S/C20H17FN4O3/c1-2-28-20(27)13-7-9-14(10-8-13)22-19(26)17-11-12-18(25-24-17)23-16-6-4-3-5-15(16)21/h3-12H,2H2,1H3,(H,22,26)(H,23,25). The molecule has 0 bridgehead atoms. The molecule has 1 amide bonds. The van der Waals surface area contributed by atoms with Crippen LogP contribution in [0.3, 0.4) is 0 Å². The quantitative estimate of drug-likeness (QED) is 0.632. The second kappa shape index (κ2) is 8.72. The number of benzene rings is 2. The molecule has 0 saturated heterocycles. The van der Waals surface area contributed by atoms with Gasteiger partial charge < -0.3 is 15.4 Å². The van der Waals surface area contributed by atoms with Crippen molar-refractivity contribution in [1.82, 2.24) is 10.2 Å². The van der Waals surface area contributed by atoms with E-state index in [1.54, 1.807) is 49.4 Å². The van der Waals surface area contributed by atoms with Gasteiger partial charge in [0.25, 0.3) is 5.91 Å². The van der Waals surface area contributed by atoms with Crippen molar-refractivity contribution in [2.45, 2.75) is 6.92 Å². The van der Waals surface area contributed by atoms with Gasteiger partial charge in [0.2, 0.25) is 0 Å². The van der Waals surface area contributed by atoms with Crippen LogP contribution in [0.5, 0.6) is 0 Å². The van der Waals surface area contributed by atoms with E-state index >= 15 is 0 Å². The Morgan fingerprint density at radius 1 is 1.00 bits per heavy atom. The molecule has 0 saturated carbocycles. The zero-order valence-corrected chi connectivity index (χ0v) is 15.0. The summed E-state index contributed by atoms with van der Waals surface area (Å²) in [6.07, 6.45) is 0. The molecule has 0 aliphatic carbocycles. The third-order valence-corrected chi connectivity index (χ3v) is 3.69. The number of rotatable bonds is 6. The van der Waals surface area contributed by atoms with Crippen LogP contribution in [-0.2, 0) is 4.74 Å². The maximum atomic E-state index is 13.6. The molecular formula is C20H17FN4O3. The minimum atomic E-state index is -0.464. The number of anilines is 3. The summed E-state index contributed by atoms with van der Waals surface area (Å²) >= 11 is 0. The Balaban J connectivity index is 1.63. The van der Waals surface area contributed by atoms with Gasteiger partial charge in [-0.25, -0.2) is 9.18 Å². The van der Waals surface area contributed by atoms with Crippen molar-refractivity contribution in [2.75, 3.05) is 17.2 Å². The highest BCUT2D eigenvalue weighted by molar-refractivity contribution is 6.03. The maximum Gasteiger partial charge on any atom is 0.338 e. The van der Waals surface area contributed by atoms with Crippen molar-refractivity contribution in [3.8, 4) is 0 Å². The summed E-state index contributed by atoms with van der Waals surface area (Å²) in [4.78, 5) is 23.9. The summed E-state index contributed by atoms with van der Waals surface area (Å²) in [6, 6.07) is 15.4. The fourth-order valence-electron chi connectivity index (χ4n) is 2.32. The minimum absolute atomic E-state index is 0.0913. The van der Waals surface area contributed by atoms with Crippen LogP contribution < -0.4 is 10.6 Å². The van der Waals surface area contributed by atoms with E-state index in [9.17, 15) is 14.0 Å². The molecule has 3 aromatic rings. The van der Waals surface area contributed by atoms with E-state index in [0.717, 1.165) is 0 Å². The predicted molar refractivity (Wildman–Crippen MR) is 102 cm³/mol. The molecule has 1 aromatic heterocycles. The largest absolute Gasteiger partial charge is 0.462 e. The SMILES string of the molecule is CCOC(=O)c1ccc(NC(=O)c2ccc(Nc3ccccc3F)nn2)cc1. The van der Waals surface area contributed by atoms with Crippen LogP contribution in [0.4, 0.5) is 21.6 Å². The second-order valence-corrected chi connectivity index (χ2v) is 5.66. The fraction of sp³-hybridized carbons (Fsp3) is 0.100. The molecule has 2 N–H and O–H groups in total. The van der Waals surface area contributed by atoms with Crippen LogP contribution in [0.2, 0.25) is 0 Å². The molecule has 0 aliphatic heterocycles. The molecule has 0 spiro atoms. The molecule has 0 unspecified atom stereocenters. The van der Waals surface area contributed by atoms with E-state index in [1.807, 2.05) is 0 Å². The number of hydrogen-bond donors (Lipinski definition) is 2. The van der Waals surface area contributed by atoms with Crippen LogP contribution in [0, 0.1) is 5.82 Å². The van der Waals surface area contributed by atoms with Crippen molar-refractivity contribution >= 4 is 29.1 Å². The van der Waals surface area contributed by atoms with Crippen molar-refractivity contribution in [3.05, 3.63) is 77.7 Å². The van der Waals surface area contributed by atoms with Crippen molar-refractivity contribution in [2.24, 2.45) is 0 Å². The van der Waals surface area contributed by atoms with E-state index in [4.69, 9.17) is 4.74 Å². The molecule has 0 atom stereocenters. The zero-order chi connectivity index (χ0) is 19.9. The molecular weight excluding hydrogens is 363 g/mol. The number of hydrogen-bond acceptors (Lipinski definition) is 6. The van der Waals surface area contributed by atoms with Gasteiger partial charge in [0.15, 0.2) is 11.5 Å². The molecule has 0 aliphatic rings. The first-order valence-corrected chi connectivity index (χ1v) is 8.50. The van der Waals surface area contributed by atoms with Gasteiger partial charge in [-0.15, -0.1) is 10.2 Å². The lowest BCUT2D eigenvalue weighted by molar-refractivity contribution is 0.0526. The van der Waals surface area contributed by atoms with Crippen LogP contribution >= 0.6 is 0 Å². The Kier molecular flexibility index (Phi) is 5.91. The Morgan fingerprint density at radius 3 is 2.39 bits per heavy atom. The van der Waals surface area contributed by atoms with E-state index < -0.39 is 17.7 Å². The topological polar surface area (TPSA) is 93.2 Å². The first-order chi connectivity index (χ1) is 13.6. The number of amides is 1. The highest BCUT2D eigenvalue weighted by atomic mass is 19.1. The van der Waals surface area contributed by atoms with Crippen LogP contribution in [0.1, 0.15) is 27.8 Å². The van der Waals surface area contributed by atoms with Gasteiger partial charge in [0.05, 0.1) is 17.9 Å². The summed E-state index contributed by atoms with van der Waals surface area (Å²) in [5.74, 6) is -1.00. The summed E-state index contributed by atoms with van der Waals surface area (Å²) in [5.41, 5.74) is 1.24.